The van der Waals surface area contributed by atoms with Crippen molar-refractivity contribution in [2.24, 2.45) is 0 Å². The van der Waals surface area contributed by atoms with Crippen LogP contribution in [0.15, 0.2) is 30.3 Å². The van der Waals surface area contributed by atoms with Crippen LogP contribution in [-0.2, 0) is 16.1 Å². The summed E-state index contributed by atoms with van der Waals surface area (Å²) in [5.74, 6) is -0.384. The van der Waals surface area contributed by atoms with E-state index in [1.165, 1.54) is 12.7 Å². The lowest BCUT2D eigenvalue weighted by molar-refractivity contribution is -0.143. The highest BCUT2D eigenvalue weighted by Crippen LogP contribution is 2.04. The molecule has 0 bridgehead atoms. The second kappa shape index (κ2) is 7.04. The van der Waals surface area contributed by atoms with Gasteiger partial charge in [-0.3, -0.25) is 9.69 Å². The molecule has 4 nitrogen and oxygen atoms in total. The molecule has 0 heterocycles. The van der Waals surface area contributed by atoms with E-state index >= 15 is 0 Å². The van der Waals surface area contributed by atoms with Crippen molar-refractivity contribution in [2.75, 3.05) is 20.7 Å². The molecule has 0 spiro atoms. The van der Waals surface area contributed by atoms with Crippen molar-refractivity contribution >= 4 is 5.97 Å². The van der Waals surface area contributed by atoms with E-state index in [0.29, 0.717) is 6.54 Å². The molecule has 1 N–H and O–H groups in total. The van der Waals surface area contributed by atoms with Crippen LogP contribution in [0.25, 0.3) is 0 Å². The van der Waals surface area contributed by atoms with Gasteiger partial charge < -0.3 is 9.84 Å². The number of rotatable bonds is 6. The fraction of sp³-hybridized carbons (Fsp3) is 0.462. The van der Waals surface area contributed by atoms with Crippen molar-refractivity contribution in [1.29, 1.82) is 0 Å². The Kier molecular flexibility index (Phi) is 5.66. The minimum Gasteiger partial charge on any atom is -0.469 e. The van der Waals surface area contributed by atoms with Gasteiger partial charge in [0.1, 0.15) is 0 Å². The molecule has 1 atom stereocenters. The van der Waals surface area contributed by atoms with E-state index in [2.05, 4.69) is 4.74 Å². The van der Waals surface area contributed by atoms with Gasteiger partial charge in [0.25, 0.3) is 0 Å². The van der Waals surface area contributed by atoms with Gasteiger partial charge in [-0.05, 0) is 12.6 Å². The smallest absolute Gasteiger partial charge is 0.308 e. The van der Waals surface area contributed by atoms with Crippen molar-refractivity contribution in [2.45, 2.75) is 19.1 Å². The molecule has 1 unspecified atom stereocenters. The molecular formula is C13H19NO3. The van der Waals surface area contributed by atoms with Gasteiger partial charge in [-0.2, -0.15) is 0 Å². The fourth-order valence-electron chi connectivity index (χ4n) is 1.66. The maximum Gasteiger partial charge on any atom is 0.308 e. The fourth-order valence-corrected chi connectivity index (χ4v) is 1.66. The number of nitrogens with zero attached hydrogens (tertiary/aromatic N) is 1. The Labute approximate surface area is 102 Å². The molecule has 1 aromatic rings. The van der Waals surface area contributed by atoms with Crippen molar-refractivity contribution in [3.05, 3.63) is 35.9 Å². The second-order valence-electron chi connectivity index (χ2n) is 4.12. The predicted molar refractivity (Wildman–Crippen MR) is 65.4 cm³/mol. The zero-order valence-corrected chi connectivity index (χ0v) is 10.3. The van der Waals surface area contributed by atoms with Gasteiger partial charge in [0.2, 0.25) is 0 Å². The molecule has 0 aromatic heterocycles. The summed E-state index contributed by atoms with van der Waals surface area (Å²) in [7, 11) is 3.23. The topological polar surface area (TPSA) is 49.8 Å². The van der Waals surface area contributed by atoms with E-state index in [1.54, 1.807) is 0 Å². The molecule has 1 aromatic carbocycles. The standard InChI is InChI=1S/C13H19NO3/c1-14(9-11-6-4-3-5-7-11)10-12(15)8-13(16)17-2/h3-7,12,15H,8-10H2,1-2H3. The summed E-state index contributed by atoms with van der Waals surface area (Å²) in [5, 5.41) is 9.66. The van der Waals surface area contributed by atoms with E-state index in [1.807, 2.05) is 42.3 Å². The number of ether oxygens (including phenoxy) is 1. The maximum absolute atomic E-state index is 11.0. The lowest BCUT2D eigenvalue weighted by Crippen LogP contribution is -2.30. The second-order valence-corrected chi connectivity index (χ2v) is 4.12. The largest absolute Gasteiger partial charge is 0.469 e. The third-order valence-electron chi connectivity index (χ3n) is 2.45. The number of aliphatic hydroxyl groups excluding tert-OH is 1. The summed E-state index contributed by atoms with van der Waals surface area (Å²) in [6, 6.07) is 9.99. The SMILES string of the molecule is COC(=O)CC(O)CN(C)Cc1ccccc1. The number of methoxy groups -OCH3 is 1. The molecule has 4 heteroatoms. The third-order valence-corrected chi connectivity index (χ3v) is 2.45. The monoisotopic (exact) mass is 237 g/mol. The van der Waals surface area contributed by atoms with Crippen LogP contribution >= 0.6 is 0 Å². The van der Waals surface area contributed by atoms with E-state index in [9.17, 15) is 9.90 Å². The van der Waals surface area contributed by atoms with Crippen LogP contribution in [0.5, 0.6) is 0 Å². The Bertz CT molecular complexity index is 340. The summed E-state index contributed by atoms with van der Waals surface area (Å²) in [4.78, 5) is 12.9. The lowest BCUT2D eigenvalue weighted by Gasteiger charge is -2.19. The minimum absolute atomic E-state index is 0.0373. The average molecular weight is 237 g/mol. The van der Waals surface area contributed by atoms with Crippen molar-refractivity contribution in [3.8, 4) is 0 Å². The normalized spacial score (nSPS) is 12.5. The number of aliphatic hydroxyl groups is 1. The van der Waals surface area contributed by atoms with Crippen LogP contribution in [0, 0.1) is 0 Å². The number of hydrogen-bond donors (Lipinski definition) is 1. The van der Waals surface area contributed by atoms with Gasteiger partial charge in [0.05, 0.1) is 19.6 Å². The first-order valence-corrected chi connectivity index (χ1v) is 5.59. The van der Waals surface area contributed by atoms with Crippen molar-refractivity contribution in [3.63, 3.8) is 0 Å². The van der Waals surface area contributed by atoms with Crippen LogP contribution in [0.3, 0.4) is 0 Å². The van der Waals surface area contributed by atoms with E-state index < -0.39 is 6.10 Å². The highest BCUT2D eigenvalue weighted by Gasteiger charge is 2.13. The average Bonchev–Trinajstić information content (AvgIpc) is 2.29. The minimum atomic E-state index is -0.684. The molecule has 17 heavy (non-hydrogen) atoms. The molecule has 0 saturated carbocycles. The molecule has 94 valence electrons. The maximum atomic E-state index is 11.0. The zero-order chi connectivity index (χ0) is 12.7. The molecule has 0 saturated heterocycles. The first-order valence-electron chi connectivity index (χ1n) is 5.59. The molecule has 0 aliphatic rings. The summed E-state index contributed by atoms with van der Waals surface area (Å²) in [5.41, 5.74) is 1.18. The molecule has 0 aliphatic heterocycles. The summed E-state index contributed by atoms with van der Waals surface area (Å²) in [6.07, 6.45) is -0.647. The van der Waals surface area contributed by atoms with Crippen LogP contribution < -0.4 is 0 Å². The molecule has 0 fully saturated rings. The number of benzene rings is 1. The molecule has 1 rings (SSSR count). The van der Waals surface area contributed by atoms with Crippen LogP contribution in [-0.4, -0.2) is 42.8 Å². The first kappa shape index (κ1) is 13.7. The van der Waals surface area contributed by atoms with Gasteiger partial charge in [-0.1, -0.05) is 30.3 Å². The molecule has 0 radical (unpaired) electrons. The zero-order valence-electron chi connectivity index (χ0n) is 10.3. The molecule has 0 amide bonds. The van der Waals surface area contributed by atoms with E-state index in [-0.39, 0.29) is 12.4 Å². The Morgan fingerprint density at radius 3 is 2.65 bits per heavy atom. The van der Waals surface area contributed by atoms with E-state index in [0.717, 1.165) is 6.54 Å². The van der Waals surface area contributed by atoms with Crippen molar-refractivity contribution in [1.82, 2.24) is 4.90 Å². The van der Waals surface area contributed by atoms with Gasteiger partial charge >= 0.3 is 5.97 Å². The highest BCUT2D eigenvalue weighted by atomic mass is 16.5. The Hall–Kier alpha value is -1.39. The number of likely N-dealkylation sites (N-methyl/N-ethyl adjacent to an activating group) is 1. The summed E-state index contributed by atoms with van der Waals surface area (Å²) in [6.45, 7) is 1.20. The van der Waals surface area contributed by atoms with Crippen LogP contribution in [0.4, 0.5) is 0 Å². The van der Waals surface area contributed by atoms with E-state index in [4.69, 9.17) is 0 Å². The van der Waals surface area contributed by atoms with Gasteiger partial charge in [-0.25, -0.2) is 0 Å². The number of carbonyl (C=O) groups is 1. The number of hydrogen-bond acceptors (Lipinski definition) is 4. The Balaban J connectivity index is 2.34. The number of carbonyl (C=O) groups excluding carboxylic acids is 1. The quantitative estimate of drug-likeness (QED) is 0.751. The van der Waals surface area contributed by atoms with Crippen LogP contribution in [0.2, 0.25) is 0 Å². The molecule has 0 aliphatic carbocycles. The Morgan fingerprint density at radius 2 is 2.06 bits per heavy atom. The Morgan fingerprint density at radius 1 is 1.41 bits per heavy atom. The highest BCUT2D eigenvalue weighted by molar-refractivity contribution is 5.69. The number of esters is 1. The third kappa shape index (κ3) is 5.47. The predicted octanol–water partition coefficient (Wildman–Crippen LogP) is 1.04. The van der Waals surface area contributed by atoms with Gasteiger partial charge in [-0.15, -0.1) is 0 Å². The van der Waals surface area contributed by atoms with Crippen molar-refractivity contribution < 1.29 is 14.6 Å². The first-order chi connectivity index (χ1) is 8.11. The lowest BCUT2D eigenvalue weighted by atomic mass is 10.2. The van der Waals surface area contributed by atoms with Gasteiger partial charge in [0, 0.05) is 13.1 Å². The summed E-state index contributed by atoms with van der Waals surface area (Å²) < 4.78 is 4.50. The summed E-state index contributed by atoms with van der Waals surface area (Å²) >= 11 is 0. The van der Waals surface area contributed by atoms with Gasteiger partial charge in [0.15, 0.2) is 0 Å². The van der Waals surface area contributed by atoms with Crippen LogP contribution in [0.1, 0.15) is 12.0 Å². The molecular weight excluding hydrogens is 218 g/mol.